The predicted molar refractivity (Wildman–Crippen MR) is 267 cm³/mol. The number of aryl methyl sites for hydroxylation is 1. The molecule has 0 amide bonds. The van der Waals surface area contributed by atoms with Gasteiger partial charge in [0, 0.05) is 22.6 Å². The van der Waals surface area contributed by atoms with E-state index in [0.29, 0.717) is 0 Å². The lowest BCUT2D eigenvalue weighted by atomic mass is 9.59. The third-order valence-corrected chi connectivity index (χ3v) is 13.3. The van der Waals surface area contributed by atoms with Crippen LogP contribution in [0, 0.1) is 0 Å². The Balaban J connectivity index is 1.29. The molecule has 0 atom stereocenters. The van der Waals surface area contributed by atoms with Gasteiger partial charge in [0.1, 0.15) is 56.2 Å². The summed E-state index contributed by atoms with van der Waals surface area (Å²) in [7, 11) is 11.4. The van der Waals surface area contributed by atoms with Gasteiger partial charge in [0.2, 0.25) is 0 Å². The van der Waals surface area contributed by atoms with Crippen molar-refractivity contribution in [3.63, 3.8) is 0 Å². The lowest BCUT2D eigenvalue weighted by molar-refractivity contribution is 0.669. The summed E-state index contributed by atoms with van der Waals surface area (Å²) in [6.45, 7) is 2.19. The van der Waals surface area contributed by atoms with E-state index in [2.05, 4.69) is 196 Å². The van der Waals surface area contributed by atoms with Crippen molar-refractivity contribution in [2.75, 3.05) is 0 Å². The van der Waals surface area contributed by atoms with Gasteiger partial charge in [-0.2, -0.15) is 0 Å². The Kier molecular flexibility index (Phi) is 8.10. The summed E-state index contributed by atoms with van der Waals surface area (Å²) in [5.74, 6) is 1.06. The van der Waals surface area contributed by atoms with E-state index in [4.69, 9.17) is 9.40 Å². The number of rotatable bonds is 5. The van der Waals surface area contributed by atoms with Crippen LogP contribution in [0.5, 0.6) is 0 Å². The van der Waals surface area contributed by atoms with Gasteiger partial charge in [0.15, 0.2) is 0 Å². The summed E-state index contributed by atoms with van der Waals surface area (Å²) < 4.78 is 8.88. The van der Waals surface area contributed by atoms with Crippen molar-refractivity contribution < 1.29 is 4.42 Å². The van der Waals surface area contributed by atoms with Gasteiger partial charge in [-0.1, -0.05) is 127 Å². The molecule has 11 aromatic rings. The summed E-state index contributed by atoms with van der Waals surface area (Å²) in [5, 5.41) is 9.59. The highest BCUT2D eigenvalue weighted by atomic mass is 16.3. The Labute approximate surface area is 348 Å². The van der Waals surface area contributed by atoms with Crippen molar-refractivity contribution in [2.24, 2.45) is 0 Å². The van der Waals surface area contributed by atoms with Gasteiger partial charge >= 0.3 is 0 Å². The quantitative estimate of drug-likeness (QED) is 0.178. The maximum atomic E-state index is 6.52. The highest BCUT2D eigenvalue weighted by molar-refractivity contribution is 6.68. The first-order valence-electron chi connectivity index (χ1n) is 20.8. The minimum absolute atomic E-state index is 0.835. The normalized spacial score (nSPS) is 11.9. The van der Waals surface area contributed by atoms with E-state index < -0.39 is 0 Å². The molecule has 0 radical (unpaired) electrons. The molecule has 0 aliphatic heterocycles. The first-order chi connectivity index (χ1) is 28.8. The van der Waals surface area contributed by atoms with Gasteiger partial charge in [-0.15, -0.1) is 16.4 Å². The minimum atomic E-state index is 0.835. The molecule has 9 aromatic carbocycles. The summed E-state index contributed by atoms with van der Waals surface area (Å²) in [6.07, 6.45) is 0.835. The van der Waals surface area contributed by atoms with Crippen LogP contribution in [0.25, 0.3) is 104 Å². The second kappa shape index (κ2) is 13.5. The SMILES string of the molecule is Bc1c(B)c(B)c(-c2ccc3c(-c4ccc(-n5c(CC)nc6ccccc65)c5ccccc45)c4ccccc4c(-c4cccc5oc6ccccc6c45)c3c2)c(B)c1B. The van der Waals surface area contributed by atoms with Gasteiger partial charge in [-0.05, 0) is 96.7 Å². The van der Waals surface area contributed by atoms with Crippen molar-refractivity contribution in [1.29, 1.82) is 0 Å². The van der Waals surface area contributed by atoms with Crippen molar-refractivity contribution >= 4 is 132 Å². The van der Waals surface area contributed by atoms with E-state index in [1.54, 1.807) is 0 Å². The zero-order chi connectivity index (χ0) is 40.1. The van der Waals surface area contributed by atoms with E-state index in [1.165, 1.54) is 93.0 Å². The summed E-state index contributed by atoms with van der Waals surface area (Å²) in [5.41, 5.74) is 19.3. The first kappa shape index (κ1) is 35.5. The topological polar surface area (TPSA) is 31.0 Å². The number of aromatic nitrogens is 2. The Morgan fingerprint density at radius 2 is 1.07 bits per heavy atom. The third kappa shape index (κ3) is 5.18. The molecule has 0 aliphatic rings. The van der Waals surface area contributed by atoms with Gasteiger partial charge in [-0.25, -0.2) is 4.98 Å². The molecule has 0 saturated carbocycles. The monoisotopic (exact) mass is 750 g/mol. The Hall–Kier alpha value is -6.65. The second-order valence-corrected chi connectivity index (χ2v) is 16.2. The van der Waals surface area contributed by atoms with Crippen LogP contribution in [0.3, 0.4) is 0 Å². The molecule has 0 saturated heterocycles. The fourth-order valence-corrected chi connectivity index (χ4v) is 10.1. The maximum Gasteiger partial charge on any atom is 0.139 e. The summed E-state index contributed by atoms with van der Waals surface area (Å²) in [6, 6.07) is 53.3. The highest BCUT2D eigenvalue weighted by Crippen LogP contribution is 2.49. The molecule has 0 fully saturated rings. The Morgan fingerprint density at radius 1 is 0.475 bits per heavy atom. The zero-order valence-electron chi connectivity index (χ0n) is 34.4. The molecule has 2 aromatic heterocycles. The maximum absolute atomic E-state index is 6.52. The van der Waals surface area contributed by atoms with E-state index in [0.717, 1.165) is 50.9 Å². The molecule has 0 unspecified atom stereocenters. The van der Waals surface area contributed by atoms with Crippen molar-refractivity contribution in [3.8, 4) is 39.1 Å². The number of hydrogen-bond donors (Lipinski definition) is 0. The molecule has 0 spiro atoms. The standard InChI is InChI=1S/C51H39B5N2O/c1-2-42-57-37-18-8-9-19-39(37)58(42)38-25-24-32(28-12-3-4-13-29(28)38)44-30-14-5-6-15-31(30)45(35-17-11-21-41-46(35)34-16-7-10-20-40(34)59-41)36-26-27(22-23-33(36)44)43-47(52)49(54)51(56)50(55)48(43)53/h3-26H,2,52-56H2,1H3. The Morgan fingerprint density at radius 3 is 1.81 bits per heavy atom. The summed E-state index contributed by atoms with van der Waals surface area (Å²) >= 11 is 0. The number of furan rings is 1. The van der Waals surface area contributed by atoms with Crippen LogP contribution >= 0.6 is 0 Å². The van der Waals surface area contributed by atoms with Crippen LogP contribution in [0.1, 0.15) is 12.7 Å². The molecule has 2 heterocycles. The number of hydrogen-bond acceptors (Lipinski definition) is 2. The number of fused-ring (bicyclic) bond motifs is 7. The second-order valence-electron chi connectivity index (χ2n) is 16.2. The fraction of sp³-hybridized carbons (Fsp3) is 0.0392. The van der Waals surface area contributed by atoms with Gasteiger partial charge in [-0.3, -0.25) is 4.57 Å². The highest BCUT2D eigenvalue weighted by Gasteiger charge is 2.24. The number of para-hydroxylation sites is 3. The van der Waals surface area contributed by atoms with Gasteiger partial charge in [0.05, 0.1) is 16.7 Å². The van der Waals surface area contributed by atoms with E-state index in [9.17, 15) is 0 Å². The van der Waals surface area contributed by atoms with Crippen LogP contribution in [0.4, 0.5) is 0 Å². The molecule has 0 N–H and O–H groups in total. The average molecular weight is 750 g/mol. The zero-order valence-corrected chi connectivity index (χ0v) is 34.4. The number of nitrogens with zero attached hydrogens (tertiary/aromatic N) is 2. The largest absolute Gasteiger partial charge is 0.456 e. The fourth-order valence-electron chi connectivity index (χ4n) is 10.1. The lowest BCUT2D eigenvalue weighted by Gasteiger charge is -2.23. The minimum Gasteiger partial charge on any atom is -0.456 e. The average Bonchev–Trinajstić information content (AvgIpc) is 3.85. The van der Waals surface area contributed by atoms with Crippen LogP contribution < -0.4 is 27.3 Å². The molecule has 0 bridgehead atoms. The van der Waals surface area contributed by atoms with Crippen LogP contribution in [0.2, 0.25) is 0 Å². The predicted octanol–water partition coefficient (Wildman–Crippen LogP) is 5.24. The number of imidazole rings is 1. The van der Waals surface area contributed by atoms with Crippen molar-refractivity contribution in [2.45, 2.75) is 13.3 Å². The number of benzene rings is 9. The van der Waals surface area contributed by atoms with Crippen LogP contribution in [-0.4, -0.2) is 48.8 Å². The summed E-state index contributed by atoms with van der Waals surface area (Å²) in [4.78, 5) is 5.07. The lowest BCUT2D eigenvalue weighted by Crippen LogP contribution is -2.55. The van der Waals surface area contributed by atoms with Gasteiger partial charge < -0.3 is 4.42 Å². The van der Waals surface area contributed by atoms with E-state index in [-0.39, 0.29) is 0 Å². The molecule has 274 valence electrons. The Bertz CT molecular complexity index is 3540. The van der Waals surface area contributed by atoms with E-state index in [1.807, 2.05) is 0 Å². The van der Waals surface area contributed by atoms with E-state index >= 15 is 0 Å². The van der Waals surface area contributed by atoms with Gasteiger partial charge in [0.25, 0.3) is 0 Å². The van der Waals surface area contributed by atoms with Crippen molar-refractivity contribution in [1.82, 2.24) is 9.55 Å². The molecule has 0 aliphatic carbocycles. The third-order valence-electron chi connectivity index (χ3n) is 13.3. The van der Waals surface area contributed by atoms with Crippen molar-refractivity contribution in [3.05, 3.63) is 151 Å². The molecule has 59 heavy (non-hydrogen) atoms. The molecular formula is C51H39B5N2O. The smallest absolute Gasteiger partial charge is 0.139 e. The molecule has 8 heteroatoms. The van der Waals surface area contributed by atoms with Crippen LogP contribution in [0.15, 0.2) is 150 Å². The molecule has 3 nitrogen and oxygen atoms in total. The molecular weight excluding hydrogens is 711 g/mol. The first-order valence-corrected chi connectivity index (χ1v) is 20.8. The molecule has 11 rings (SSSR count). The van der Waals surface area contributed by atoms with Crippen LogP contribution in [-0.2, 0) is 6.42 Å².